The number of hydrogen-bond acceptors (Lipinski definition) is 5. The Balaban J connectivity index is 1.64. The number of hydrogen-bond donors (Lipinski definition) is 2. The normalized spacial score (nSPS) is 20.0. The Morgan fingerprint density at radius 1 is 1.07 bits per heavy atom. The van der Waals surface area contributed by atoms with E-state index in [1.54, 1.807) is 0 Å². The number of nitrogens with zero attached hydrogens (tertiary/aromatic N) is 2. The van der Waals surface area contributed by atoms with E-state index in [0.29, 0.717) is 26.1 Å². The van der Waals surface area contributed by atoms with E-state index in [1.165, 1.54) is 40.5 Å². The second-order valence-corrected chi connectivity index (χ2v) is 9.47. The van der Waals surface area contributed by atoms with Gasteiger partial charge in [0.15, 0.2) is 0 Å². The molecule has 2 aliphatic heterocycles. The van der Waals surface area contributed by atoms with Gasteiger partial charge in [-0.1, -0.05) is 12.5 Å². The molecule has 0 saturated carbocycles. The zero-order valence-electron chi connectivity index (χ0n) is 17.1. The average Bonchev–Trinajstić information content (AvgIpc) is 3.27. The molecule has 2 aliphatic rings. The number of nitrogens with one attached hydrogen (secondary N) is 2. The van der Waals surface area contributed by atoms with Crippen LogP contribution in [0.1, 0.15) is 42.5 Å². The van der Waals surface area contributed by atoms with Crippen molar-refractivity contribution in [3.05, 3.63) is 29.8 Å². The van der Waals surface area contributed by atoms with Crippen LogP contribution in [0.2, 0.25) is 0 Å². The molecule has 1 atom stereocenters. The van der Waals surface area contributed by atoms with E-state index in [-0.39, 0.29) is 28.8 Å². The maximum Gasteiger partial charge on any atom is 0.251 e. The van der Waals surface area contributed by atoms with Gasteiger partial charge in [0.25, 0.3) is 5.91 Å². The summed E-state index contributed by atoms with van der Waals surface area (Å²) in [6.45, 7) is 1.18. The quantitative estimate of drug-likeness (QED) is 0.667. The third-order valence-corrected chi connectivity index (χ3v) is 7.47. The summed E-state index contributed by atoms with van der Waals surface area (Å²) in [5, 5.41) is 5.09. The van der Waals surface area contributed by atoms with Gasteiger partial charge in [0.2, 0.25) is 21.8 Å². The molecule has 1 unspecified atom stereocenters. The first kappa shape index (κ1) is 22.2. The maximum atomic E-state index is 12.8. The Bertz CT molecular complexity index is 912. The van der Waals surface area contributed by atoms with Crippen molar-refractivity contribution in [2.75, 3.05) is 33.2 Å². The first-order valence-corrected chi connectivity index (χ1v) is 11.7. The molecule has 0 aliphatic carbocycles. The molecule has 0 bridgehead atoms. The van der Waals surface area contributed by atoms with Gasteiger partial charge >= 0.3 is 0 Å². The highest BCUT2D eigenvalue weighted by molar-refractivity contribution is 7.89. The summed E-state index contributed by atoms with van der Waals surface area (Å²) in [5.74, 6) is -1.09. The molecule has 0 radical (unpaired) electrons. The molecule has 0 spiro atoms. The largest absolute Gasteiger partial charge is 0.357 e. The van der Waals surface area contributed by atoms with Crippen LogP contribution in [0.25, 0.3) is 0 Å². The van der Waals surface area contributed by atoms with Crippen LogP contribution in [0.5, 0.6) is 0 Å². The molecule has 3 amide bonds. The molecule has 2 saturated heterocycles. The second kappa shape index (κ2) is 9.57. The second-order valence-electron chi connectivity index (χ2n) is 7.53. The van der Waals surface area contributed by atoms with E-state index >= 15 is 0 Å². The lowest BCUT2D eigenvalue weighted by atomic mass is 10.2. The molecule has 1 aromatic rings. The number of carbonyl (C=O) groups is 3. The first-order valence-electron chi connectivity index (χ1n) is 10.2. The molecule has 1 aromatic carbocycles. The van der Waals surface area contributed by atoms with Gasteiger partial charge in [-0.15, -0.1) is 0 Å². The molecule has 0 aromatic heterocycles. The Kier molecular flexibility index (Phi) is 7.09. The highest BCUT2D eigenvalue weighted by atomic mass is 32.2. The van der Waals surface area contributed by atoms with E-state index in [9.17, 15) is 22.8 Å². The van der Waals surface area contributed by atoms with Crippen LogP contribution in [0, 0.1) is 0 Å². The van der Waals surface area contributed by atoms with Gasteiger partial charge in [0, 0.05) is 32.2 Å². The molecular weight excluding hydrogens is 408 g/mol. The fourth-order valence-corrected chi connectivity index (χ4v) is 5.48. The van der Waals surface area contributed by atoms with Crippen molar-refractivity contribution >= 4 is 27.7 Å². The first-order chi connectivity index (χ1) is 14.3. The number of sulfonamides is 1. The number of likely N-dealkylation sites (tertiary alicyclic amines) is 1. The van der Waals surface area contributed by atoms with Crippen molar-refractivity contribution in [2.24, 2.45) is 0 Å². The van der Waals surface area contributed by atoms with Gasteiger partial charge in [0.1, 0.15) is 6.04 Å². The van der Waals surface area contributed by atoms with Crippen LogP contribution in [0.3, 0.4) is 0 Å². The van der Waals surface area contributed by atoms with Crippen LogP contribution < -0.4 is 10.6 Å². The minimum atomic E-state index is -3.65. The number of carbonyl (C=O) groups excluding carboxylic acids is 3. The van der Waals surface area contributed by atoms with Crippen LogP contribution in [-0.2, 0) is 19.6 Å². The van der Waals surface area contributed by atoms with Gasteiger partial charge < -0.3 is 15.5 Å². The summed E-state index contributed by atoms with van der Waals surface area (Å²) >= 11 is 0. The zero-order chi connectivity index (χ0) is 21.7. The van der Waals surface area contributed by atoms with Gasteiger partial charge in [0.05, 0.1) is 11.4 Å². The lowest BCUT2D eigenvalue weighted by Gasteiger charge is -2.26. The maximum absolute atomic E-state index is 12.8. The van der Waals surface area contributed by atoms with Crippen molar-refractivity contribution < 1.29 is 22.8 Å². The summed E-state index contributed by atoms with van der Waals surface area (Å²) in [6.07, 6.45) is 3.99. The lowest BCUT2D eigenvalue weighted by molar-refractivity contribution is -0.137. The van der Waals surface area contributed by atoms with Crippen LogP contribution in [0.4, 0.5) is 0 Å². The third kappa shape index (κ3) is 4.81. The molecule has 30 heavy (non-hydrogen) atoms. The monoisotopic (exact) mass is 436 g/mol. The SMILES string of the molecule is CNC(=O)C1CCCN1C(=O)CNC(=O)c1cccc(S(=O)(=O)N2CCCCC2)c1. The van der Waals surface area contributed by atoms with Crippen LogP contribution in [0.15, 0.2) is 29.2 Å². The van der Waals surface area contributed by atoms with E-state index in [0.717, 1.165) is 25.7 Å². The molecule has 2 N–H and O–H groups in total. The number of likely N-dealkylation sites (N-methyl/N-ethyl adjacent to an activating group) is 1. The third-order valence-electron chi connectivity index (χ3n) is 5.57. The fraction of sp³-hybridized carbons (Fsp3) is 0.550. The topological polar surface area (TPSA) is 116 Å². The minimum Gasteiger partial charge on any atom is -0.357 e. The van der Waals surface area contributed by atoms with Gasteiger partial charge in [-0.05, 0) is 43.9 Å². The Morgan fingerprint density at radius 2 is 1.80 bits per heavy atom. The Labute approximate surface area is 176 Å². The number of piperidine rings is 1. The molecule has 9 nitrogen and oxygen atoms in total. The van der Waals surface area contributed by atoms with E-state index in [4.69, 9.17) is 0 Å². The van der Waals surface area contributed by atoms with Crippen molar-refractivity contribution in [1.82, 2.24) is 19.8 Å². The average molecular weight is 437 g/mol. The van der Waals surface area contributed by atoms with E-state index in [1.807, 2.05) is 0 Å². The zero-order valence-corrected chi connectivity index (χ0v) is 17.9. The van der Waals surface area contributed by atoms with Crippen molar-refractivity contribution in [2.45, 2.75) is 43.0 Å². The molecule has 2 fully saturated rings. The summed E-state index contributed by atoms with van der Waals surface area (Å²) in [5.41, 5.74) is 0.171. The van der Waals surface area contributed by atoms with E-state index in [2.05, 4.69) is 10.6 Å². The smallest absolute Gasteiger partial charge is 0.251 e. The fourth-order valence-electron chi connectivity index (χ4n) is 3.92. The number of benzene rings is 1. The molecule has 2 heterocycles. The highest BCUT2D eigenvalue weighted by Gasteiger charge is 2.33. The minimum absolute atomic E-state index is 0.0719. The standard InChI is InChI=1S/C20H28N4O5S/c1-21-20(27)17-9-6-12-24(17)18(25)14-22-19(26)15-7-5-8-16(13-15)30(28,29)23-10-3-2-4-11-23/h5,7-8,13,17H,2-4,6,9-12,14H2,1H3,(H,21,27)(H,22,26). The Morgan fingerprint density at radius 3 is 2.50 bits per heavy atom. The predicted molar refractivity (Wildman–Crippen MR) is 110 cm³/mol. The number of rotatable bonds is 6. The Hall–Kier alpha value is -2.46. The molecule has 164 valence electrons. The van der Waals surface area contributed by atoms with Gasteiger partial charge in [-0.2, -0.15) is 4.31 Å². The van der Waals surface area contributed by atoms with E-state index < -0.39 is 22.0 Å². The van der Waals surface area contributed by atoms with Gasteiger partial charge in [-0.3, -0.25) is 14.4 Å². The van der Waals surface area contributed by atoms with Gasteiger partial charge in [-0.25, -0.2) is 8.42 Å². The highest BCUT2D eigenvalue weighted by Crippen LogP contribution is 2.21. The van der Waals surface area contributed by atoms with Crippen molar-refractivity contribution in [3.8, 4) is 0 Å². The summed E-state index contributed by atoms with van der Waals surface area (Å²) in [4.78, 5) is 38.4. The predicted octanol–water partition coefficient (Wildman–Crippen LogP) is 0.328. The summed E-state index contributed by atoms with van der Waals surface area (Å²) < 4.78 is 27.1. The molecular formula is C20H28N4O5S. The van der Waals surface area contributed by atoms with Crippen molar-refractivity contribution in [3.63, 3.8) is 0 Å². The van der Waals surface area contributed by atoms with Crippen LogP contribution >= 0.6 is 0 Å². The number of amides is 3. The van der Waals surface area contributed by atoms with Crippen LogP contribution in [-0.4, -0.2) is 74.6 Å². The lowest BCUT2D eigenvalue weighted by Crippen LogP contribution is -2.48. The molecule has 10 heteroatoms. The molecule has 3 rings (SSSR count). The van der Waals surface area contributed by atoms with Crippen molar-refractivity contribution in [1.29, 1.82) is 0 Å². The summed E-state index contributed by atoms with van der Waals surface area (Å²) in [6, 6.07) is 5.34. The summed E-state index contributed by atoms with van der Waals surface area (Å²) in [7, 11) is -2.12.